The molecule has 2 aliphatic heterocycles. The third-order valence-corrected chi connectivity index (χ3v) is 8.92. The molecule has 3 N–H and O–H groups in total. The molecular weight excluding hydrogens is 412 g/mol. The molecule has 2 aliphatic carbocycles. The van der Waals surface area contributed by atoms with Gasteiger partial charge in [-0.25, -0.2) is 17.9 Å². The third-order valence-electron chi connectivity index (χ3n) is 6.83. The highest BCUT2D eigenvalue weighted by molar-refractivity contribution is 7.90. The van der Waals surface area contributed by atoms with E-state index in [1.165, 1.54) is 9.80 Å². The normalized spacial score (nSPS) is 36.2. The Morgan fingerprint density at radius 1 is 1.27 bits per heavy atom. The summed E-state index contributed by atoms with van der Waals surface area (Å²) in [6, 6.07) is -0.674. The van der Waals surface area contributed by atoms with Crippen molar-refractivity contribution >= 4 is 22.0 Å². The van der Waals surface area contributed by atoms with E-state index in [-0.39, 0.29) is 55.8 Å². The molecule has 5 unspecified atom stereocenters. The number of carbonyl (C=O) groups excluding carboxylic acids is 2. The Kier molecular flexibility index (Phi) is 5.86. The molecule has 4 rings (SSSR count). The summed E-state index contributed by atoms with van der Waals surface area (Å²) < 4.78 is 28.6. The van der Waals surface area contributed by atoms with Gasteiger partial charge in [0, 0.05) is 24.2 Å². The second-order valence-corrected chi connectivity index (χ2v) is 11.4. The Bertz CT molecular complexity index is 801. The minimum atomic E-state index is -3.55. The van der Waals surface area contributed by atoms with Crippen LogP contribution in [-0.2, 0) is 19.7 Å². The number of amides is 3. The molecule has 30 heavy (non-hydrogen) atoms. The molecule has 0 aromatic heterocycles. The van der Waals surface area contributed by atoms with Crippen LogP contribution in [0.5, 0.6) is 0 Å². The van der Waals surface area contributed by atoms with Gasteiger partial charge < -0.3 is 10.0 Å². The number of hydroxylamine groups is 1. The van der Waals surface area contributed by atoms with Crippen LogP contribution in [0.3, 0.4) is 0 Å². The number of nitrogens with one attached hydrogen (secondary N) is 2. The first-order valence-electron chi connectivity index (χ1n) is 10.8. The molecule has 2 saturated carbocycles. The Labute approximate surface area is 177 Å². The molecule has 11 heteroatoms. The topological polar surface area (TPSA) is 128 Å². The summed E-state index contributed by atoms with van der Waals surface area (Å²) in [5.74, 6) is -0.928. The molecule has 170 valence electrons. The summed E-state index contributed by atoms with van der Waals surface area (Å²) in [5.41, 5.74) is 2.49. The maximum atomic E-state index is 13.3. The smallest absolute Gasteiger partial charge is 0.327 e. The number of sulfonamides is 1. The molecule has 0 aromatic carbocycles. The average molecular weight is 445 g/mol. The molecule has 2 saturated heterocycles. The van der Waals surface area contributed by atoms with Crippen molar-refractivity contribution in [3.8, 4) is 0 Å². The zero-order valence-electron chi connectivity index (χ0n) is 17.5. The minimum Gasteiger partial charge on any atom is -0.395 e. The number of carbonyl (C=O) groups is 2. The number of β-amino-alcohol motifs (C(OH)–C–C–N with tert-alkyl or cyclic N) is 1. The summed E-state index contributed by atoms with van der Waals surface area (Å²) in [6.45, 7) is 3.88. The van der Waals surface area contributed by atoms with Gasteiger partial charge in [0.15, 0.2) is 0 Å². The average Bonchev–Trinajstić information content (AvgIpc) is 3.26. The van der Waals surface area contributed by atoms with Crippen LogP contribution in [0, 0.1) is 5.92 Å². The predicted molar refractivity (Wildman–Crippen MR) is 108 cm³/mol. The van der Waals surface area contributed by atoms with Gasteiger partial charge in [0.05, 0.1) is 30.4 Å². The standard InChI is InChI=1S/C19H32N4O6S/c1-12-9-13(29-20-12)11-23-17(25)15-10-14(30(27,28)21-19(2)5-6-19)3-4-16(15)22(7-8-24)18(23)26/h12-16,20-21,24H,3-11H2,1-2H3. The quantitative estimate of drug-likeness (QED) is 0.502. The van der Waals surface area contributed by atoms with Crippen molar-refractivity contribution in [3.05, 3.63) is 0 Å². The maximum Gasteiger partial charge on any atom is 0.327 e. The molecular formula is C19H32N4O6S. The van der Waals surface area contributed by atoms with Crippen molar-refractivity contribution in [3.63, 3.8) is 0 Å². The summed E-state index contributed by atoms with van der Waals surface area (Å²) in [4.78, 5) is 34.5. The van der Waals surface area contributed by atoms with Gasteiger partial charge in [-0.05, 0) is 52.4 Å². The molecule has 0 bridgehead atoms. The van der Waals surface area contributed by atoms with Crippen LogP contribution >= 0.6 is 0 Å². The van der Waals surface area contributed by atoms with E-state index in [2.05, 4.69) is 10.2 Å². The van der Waals surface area contributed by atoms with Gasteiger partial charge >= 0.3 is 6.03 Å². The summed E-state index contributed by atoms with van der Waals surface area (Å²) in [5, 5.41) is 8.82. The van der Waals surface area contributed by atoms with Crippen molar-refractivity contribution in [2.75, 3.05) is 19.7 Å². The number of urea groups is 1. The van der Waals surface area contributed by atoms with Gasteiger partial charge in [0.1, 0.15) is 0 Å². The monoisotopic (exact) mass is 444 g/mol. The zero-order chi connectivity index (χ0) is 21.7. The second kappa shape index (κ2) is 8.01. The van der Waals surface area contributed by atoms with E-state index in [1.54, 1.807) is 0 Å². The van der Waals surface area contributed by atoms with Crippen LogP contribution in [0.2, 0.25) is 0 Å². The SMILES string of the molecule is CC1CC(CN2C(=O)C3CC(S(=O)(=O)NC4(C)CC4)CCC3N(CCO)C2=O)ON1. The van der Waals surface area contributed by atoms with Gasteiger partial charge in [0.2, 0.25) is 15.9 Å². The lowest BCUT2D eigenvalue weighted by Crippen LogP contribution is -2.65. The maximum absolute atomic E-state index is 13.3. The van der Waals surface area contributed by atoms with E-state index in [0.717, 1.165) is 12.8 Å². The lowest BCUT2D eigenvalue weighted by molar-refractivity contribution is -0.142. The van der Waals surface area contributed by atoms with Gasteiger partial charge in [0.25, 0.3) is 0 Å². The summed E-state index contributed by atoms with van der Waals surface area (Å²) in [6.07, 6.45) is 3.01. The number of aliphatic hydroxyl groups is 1. The van der Waals surface area contributed by atoms with E-state index < -0.39 is 27.2 Å². The Morgan fingerprint density at radius 3 is 2.60 bits per heavy atom. The molecule has 4 aliphatic rings. The molecule has 10 nitrogen and oxygen atoms in total. The van der Waals surface area contributed by atoms with Crippen molar-refractivity contribution in [1.29, 1.82) is 0 Å². The first-order chi connectivity index (χ1) is 14.1. The Hall–Kier alpha value is -1.27. The zero-order valence-corrected chi connectivity index (χ0v) is 18.4. The molecule has 0 spiro atoms. The molecule has 0 aromatic rings. The lowest BCUT2D eigenvalue weighted by atomic mass is 9.80. The van der Waals surface area contributed by atoms with E-state index in [0.29, 0.717) is 19.3 Å². The van der Waals surface area contributed by atoms with Gasteiger partial charge in [-0.15, -0.1) is 0 Å². The molecule has 4 fully saturated rings. The first kappa shape index (κ1) is 21.9. The number of hydrogen-bond donors (Lipinski definition) is 3. The number of fused-ring (bicyclic) bond motifs is 1. The van der Waals surface area contributed by atoms with Crippen LogP contribution < -0.4 is 10.2 Å². The summed E-state index contributed by atoms with van der Waals surface area (Å²) in [7, 11) is -3.55. The molecule has 5 atom stereocenters. The number of nitrogens with zero attached hydrogens (tertiary/aromatic N) is 2. The van der Waals surface area contributed by atoms with Crippen molar-refractivity contribution in [2.24, 2.45) is 5.92 Å². The summed E-state index contributed by atoms with van der Waals surface area (Å²) >= 11 is 0. The van der Waals surface area contributed by atoms with E-state index in [9.17, 15) is 23.1 Å². The van der Waals surface area contributed by atoms with Crippen LogP contribution in [-0.4, -0.2) is 83.9 Å². The highest BCUT2D eigenvalue weighted by atomic mass is 32.2. The number of hydrogen-bond acceptors (Lipinski definition) is 7. The first-order valence-corrected chi connectivity index (χ1v) is 12.3. The molecule has 2 heterocycles. The van der Waals surface area contributed by atoms with Crippen LogP contribution in [0.15, 0.2) is 0 Å². The van der Waals surface area contributed by atoms with Gasteiger partial charge in [-0.3, -0.25) is 14.5 Å². The van der Waals surface area contributed by atoms with Crippen LogP contribution in [0.1, 0.15) is 52.4 Å². The fourth-order valence-corrected chi connectivity index (χ4v) is 6.86. The van der Waals surface area contributed by atoms with Crippen molar-refractivity contribution < 1.29 is 28.0 Å². The molecule has 0 radical (unpaired) electrons. The van der Waals surface area contributed by atoms with Crippen LogP contribution in [0.4, 0.5) is 4.79 Å². The minimum absolute atomic E-state index is 0.119. The Morgan fingerprint density at radius 2 is 2.00 bits per heavy atom. The highest BCUT2D eigenvalue weighted by Crippen LogP contribution is 2.40. The van der Waals surface area contributed by atoms with Crippen molar-refractivity contribution in [2.45, 2.75) is 81.3 Å². The van der Waals surface area contributed by atoms with Crippen LogP contribution in [0.25, 0.3) is 0 Å². The number of aliphatic hydroxyl groups excluding tert-OH is 1. The van der Waals surface area contributed by atoms with Gasteiger partial charge in [-0.2, -0.15) is 5.48 Å². The van der Waals surface area contributed by atoms with E-state index in [4.69, 9.17) is 4.84 Å². The second-order valence-electron chi connectivity index (χ2n) is 9.46. The largest absolute Gasteiger partial charge is 0.395 e. The van der Waals surface area contributed by atoms with Crippen molar-refractivity contribution in [1.82, 2.24) is 20.0 Å². The lowest BCUT2D eigenvalue weighted by Gasteiger charge is -2.48. The Balaban J connectivity index is 1.52. The fourth-order valence-electron chi connectivity index (χ4n) is 4.90. The highest BCUT2D eigenvalue weighted by Gasteiger charge is 2.52. The van der Waals surface area contributed by atoms with E-state index in [1.807, 2.05) is 13.8 Å². The fraction of sp³-hybridized carbons (Fsp3) is 0.895. The number of rotatable bonds is 7. The molecule has 3 amide bonds. The van der Waals surface area contributed by atoms with E-state index >= 15 is 0 Å². The predicted octanol–water partition coefficient (Wildman–Crippen LogP) is -0.0659. The van der Waals surface area contributed by atoms with Gasteiger partial charge in [-0.1, -0.05) is 0 Å². The number of imide groups is 1. The third kappa shape index (κ3) is 4.22.